The van der Waals surface area contributed by atoms with Crippen LogP contribution in [0.5, 0.6) is 0 Å². The molecule has 0 bridgehead atoms. The molecule has 0 amide bonds. The monoisotopic (exact) mass is 187 g/mol. The van der Waals surface area contributed by atoms with E-state index in [-0.39, 0.29) is 5.83 Å². The number of pyridine rings is 1. The fourth-order valence-electron chi connectivity index (χ4n) is 1.41. The molecule has 0 N–H and O–H groups in total. The van der Waals surface area contributed by atoms with Crippen LogP contribution < -0.4 is 0 Å². The largest absolute Gasteiger partial charge is 0.256 e. The van der Waals surface area contributed by atoms with Gasteiger partial charge in [-0.2, -0.15) is 0 Å². The molecular formula is C12H10FN. The SMILES string of the molecule is CC(F)=Cc1ccc2ncccc2c1. The minimum absolute atomic E-state index is 0.187. The maximum Gasteiger partial charge on any atom is 0.0974 e. The number of nitrogens with zero attached hydrogens (tertiary/aromatic N) is 1. The van der Waals surface area contributed by atoms with Crippen LogP contribution in [0, 0.1) is 0 Å². The molecule has 2 rings (SSSR count). The quantitative estimate of drug-likeness (QED) is 0.665. The van der Waals surface area contributed by atoms with Crippen molar-refractivity contribution >= 4 is 17.0 Å². The van der Waals surface area contributed by atoms with Gasteiger partial charge in [0.15, 0.2) is 0 Å². The molecule has 1 nitrogen and oxygen atoms in total. The van der Waals surface area contributed by atoms with E-state index in [1.807, 2.05) is 30.3 Å². The molecule has 1 aromatic heterocycles. The van der Waals surface area contributed by atoms with Gasteiger partial charge in [0.25, 0.3) is 0 Å². The Bertz CT molecular complexity index is 484. The van der Waals surface area contributed by atoms with Crippen LogP contribution in [0.15, 0.2) is 42.4 Å². The van der Waals surface area contributed by atoms with Crippen LogP contribution in [0.2, 0.25) is 0 Å². The molecule has 1 aromatic carbocycles. The number of hydrogen-bond donors (Lipinski definition) is 0. The lowest BCUT2D eigenvalue weighted by Crippen LogP contribution is -1.78. The third-order valence-corrected chi connectivity index (χ3v) is 1.99. The van der Waals surface area contributed by atoms with Crippen LogP contribution in [0.1, 0.15) is 12.5 Å². The van der Waals surface area contributed by atoms with Crippen molar-refractivity contribution < 1.29 is 4.39 Å². The molecule has 0 spiro atoms. The van der Waals surface area contributed by atoms with Crippen molar-refractivity contribution in [1.29, 1.82) is 0 Å². The first-order chi connectivity index (χ1) is 6.75. The molecule has 0 aliphatic carbocycles. The van der Waals surface area contributed by atoms with Gasteiger partial charge in [-0.25, -0.2) is 4.39 Å². The lowest BCUT2D eigenvalue weighted by molar-refractivity contribution is 0.648. The normalized spacial score (nSPS) is 12.0. The van der Waals surface area contributed by atoms with Crippen molar-refractivity contribution in [3.8, 4) is 0 Å². The molecule has 0 unspecified atom stereocenters. The van der Waals surface area contributed by atoms with Crippen LogP contribution >= 0.6 is 0 Å². The van der Waals surface area contributed by atoms with Crippen LogP contribution in [-0.4, -0.2) is 4.98 Å². The van der Waals surface area contributed by atoms with Gasteiger partial charge in [-0.05, 0) is 36.8 Å². The molecule has 0 fully saturated rings. The van der Waals surface area contributed by atoms with E-state index in [0.717, 1.165) is 16.5 Å². The van der Waals surface area contributed by atoms with Crippen molar-refractivity contribution in [3.05, 3.63) is 47.9 Å². The molecule has 2 heteroatoms. The summed E-state index contributed by atoms with van der Waals surface area (Å²) in [6.07, 6.45) is 3.25. The van der Waals surface area contributed by atoms with Crippen LogP contribution in [-0.2, 0) is 0 Å². The zero-order valence-corrected chi connectivity index (χ0v) is 7.87. The molecule has 0 aliphatic heterocycles. The van der Waals surface area contributed by atoms with Crippen LogP contribution in [0.4, 0.5) is 4.39 Å². The Kier molecular flexibility index (Phi) is 2.27. The molecule has 0 aliphatic rings. The molecule has 0 saturated heterocycles. The van der Waals surface area contributed by atoms with Gasteiger partial charge in [0, 0.05) is 11.6 Å². The minimum Gasteiger partial charge on any atom is -0.256 e. The number of hydrogen-bond acceptors (Lipinski definition) is 1. The molecule has 14 heavy (non-hydrogen) atoms. The second kappa shape index (κ2) is 3.58. The summed E-state index contributed by atoms with van der Waals surface area (Å²) in [5, 5.41) is 1.03. The lowest BCUT2D eigenvalue weighted by Gasteiger charge is -1.98. The number of halogens is 1. The molecule has 0 atom stereocenters. The number of fused-ring (bicyclic) bond motifs is 1. The van der Waals surface area contributed by atoms with Gasteiger partial charge in [-0.15, -0.1) is 0 Å². The fourth-order valence-corrected chi connectivity index (χ4v) is 1.41. The predicted molar refractivity (Wildman–Crippen MR) is 56.5 cm³/mol. The Morgan fingerprint density at radius 2 is 2.21 bits per heavy atom. The first-order valence-electron chi connectivity index (χ1n) is 4.44. The average Bonchev–Trinajstić information content (AvgIpc) is 2.17. The van der Waals surface area contributed by atoms with Gasteiger partial charge < -0.3 is 0 Å². The third kappa shape index (κ3) is 1.79. The van der Waals surface area contributed by atoms with E-state index in [1.165, 1.54) is 13.0 Å². The van der Waals surface area contributed by atoms with E-state index >= 15 is 0 Å². The fraction of sp³-hybridized carbons (Fsp3) is 0.0833. The predicted octanol–water partition coefficient (Wildman–Crippen LogP) is 3.57. The summed E-state index contributed by atoms with van der Waals surface area (Å²) in [7, 11) is 0. The lowest BCUT2D eigenvalue weighted by atomic mass is 10.1. The first kappa shape index (κ1) is 8.88. The zero-order valence-electron chi connectivity index (χ0n) is 7.87. The maximum absolute atomic E-state index is 12.6. The summed E-state index contributed by atoms with van der Waals surface area (Å²) < 4.78 is 12.6. The van der Waals surface area contributed by atoms with Gasteiger partial charge in [-0.3, -0.25) is 4.98 Å². The summed E-state index contributed by atoms with van der Waals surface area (Å²) in [6, 6.07) is 9.51. The molecule has 2 aromatic rings. The molecular weight excluding hydrogens is 177 g/mol. The van der Waals surface area contributed by atoms with Gasteiger partial charge in [0.05, 0.1) is 11.3 Å². The Morgan fingerprint density at radius 1 is 1.36 bits per heavy atom. The van der Waals surface area contributed by atoms with E-state index in [4.69, 9.17) is 0 Å². The molecule has 0 radical (unpaired) electrons. The highest BCUT2D eigenvalue weighted by Gasteiger charge is 1.94. The van der Waals surface area contributed by atoms with Crippen LogP contribution in [0.25, 0.3) is 17.0 Å². The average molecular weight is 187 g/mol. The molecule has 70 valence electrons. The summed E-state index contributed by atoms with van der Waals surface area (Å²) in [4.78, 5) is 4.19. The zero-order chi connectivity index (χ0) is 9.97. The Hall–Kier alpha value is -1.70. The van der Waals surface area contributed by atoms with Crippen molar-refractivity contribution in [2.75, 3.05) is 0 Å². The minimum atomic E-state index is -0.187. The topological polar surface area (TPSA) is 12.9 Å². The van der Waals surface area contributed by atoms with Gasteiger partial charge in [-0.1, -0.05) is 12.1 Å². The van der Waals surface area contributed by atoms with E-state index in [2.05, 4.69) is 4.98 Å². The van der Waals surface area contributed by atoms with Gasteiger partial charge in [0.2, 0.25) is 0 Å². The number of allylic oxidation sites excluding steroid dienone is 1. The van der Waals surface area contributed by atoms with Crippen molar-refractivity contribution in [1.82, 2.24) is 4.98 Å². The maximum atomic E-state index is 12.6. The standard InChI is InChI=1S/C12H10FN/c1-9(13)7-10-4-5-12-11(8-10)3-2-6-14-12/h2-8H,1H3. The first-order valence-corrected chi connectivity index (χ1v) is 4.44. The Morgan fingerprint density at radius 3 is 3.00 bits per heavy atom. The second-order valence-corrected chi connectivity index (χ2v) is 3.19. The number of rotatable bonds is 1. The van der Waals surface area contributed by atoms with Gasteiger partial charge in [0.1, 0.15) is 0 Å². The van der Waals surface area contributed by atoms with Crippen LogP contribution in [0.3, 0.4) is 0 Å². The second-order valence-electron chi connectivity index (χ2n) is 3.19. The Balaban J connectivity index is 2.57. The third-order valence-electron chi connectivity index (χ3n) is 1.99. The number of aromatic nitrogens is 1. The van der Waals surface area contributed by atoms with E-state index in [1.54, 1.807) is 6.20 Å². The number of benzene rings is 1. The highest BCUT2D eigenvalue weighted by molar-refractivity contribution is 5.81. The highest BCUT2D eigenvalue weighted by atomic mass is 19.1. The highest BCUT2D eigenvalue weighted by Crippen LogP contribution is 2.15. The van der Waals surface area contributed by atoms with Gasteiger partial charge >= 0.3 is 0 Å². The van der Waals surface area contributed by atoms with Crippen molar-refractivity contribution in [3.63, 3.8) is 0 Å². The summed E-state index contributed by atoms with van der Waals surface area (Å²) >= 11 is 0. The van der Waals surface area contributed by atoms with Crippen molar-refractivity contribution in [2.24, 2.45) is 0 Å². The van der Waals surface area contributed by atoms with E-state index in [0.29, 0.717) is 0 Å². The van der Waals surface area contributed by atoms with Crippen molar-refractivity contribution in [2.45, 2.75) is 6.92 Å². The Labute approximate surface area is 81.9 Å². The summed E-state index contributed by atoms with van der Waals surface area (Å²) in [6.45, 7) is 1.44. The summed E-state index contributed by atoms with van der Waals surface area (Å²) in [5.74, 6) is -0.187. The molecule has 0 saturated carbocycles. The van der Waals surface area contributed by atoms with E-state index < -0.39 is 0 Å². The molecule has 1 heterocycles. The summed E-state index contributed by atoms with van der Waals surface area (Å²) in [5.41, 5.74) is 1.80. The van der Waals surface area contributed by atoms with E-state index in [9.17, 15) is 4.39 Å². The smallest absolute Gasteiger partial charge is 0.0974 e.